The SMILES string of the molecule is Cc1cccc(CCC(=O)c2ccc(Cl)cc2Cl)c1. The minimum atomic E-state index is 0.0446. The van der Waals surface area contributed by atoms with E-state index >= 15 is 0 Å². The van der Waals surface area contributed by atoms with Gasteiger partial charge in [-0.05, 0) is 37.1 Å². The Kier molecular flexibility index (Phi) is 4.62. The van der Waals surface area contributed by atoms with E-state index in [1.54, 1.807) is 18.2 Å². The summed E-state index contributed by atoms with van der Waals surface area (Å²) in [4.78, 5) is 12.1. The quantitative estimate of drug-likeness (QED) is 0.715. The molecule has 2 rings (SSSR count). The molecule has 0 aliphatic carbocycles. The van der Waals surface area contributed by atoms with Crippen LogP contribution in [0.5, 0.6) is 0 Å². The second-order valence-corrected chi connectivity index (χ2v) is 5.38. The Bertz CT molecular complexity index is 605. The van der Waals surface area contributed by atoms with E-state index in [4.69, 9.17) is 23.2 Å². The number of benzene rings is 2. The van der Waals surface area contributed by atoms with Crippen LogP contribution in [0.2, 0.25) is 10.0 Å². The highest BCUT2D eigenvalue weighted by atomic mass is 35.5. The Morgan fingerprint density at radius 2 is 1.89 bits per heavy atom. The van der Waals surface area contributed by atoms with Crippen molar-refractivity contribution in [3.8, 4) is 0 Å². The number of Topliss-reactive ketones (excluding diaryl/α,β-unsaturated/α-hetero) is 1. The van der Waals surface area contributed by atoms with Gasteiger partial charge in [-0.15, -0.1) is 0 Å². The fourth-order valence-corrected chi connectivity index (χ4v) is 2.49. The topological polar surface area (TPSA) is 17.1 Å². The van der Waals surface area contributed by atoms with E-state index in [0.29, 0.717) is 22.0 Å². The Hall–Kier alpha value is -1.31. The number of hydrogen-bond donors (Lipinski definition) is 0. The van der Waals surface area contributed by atoms with Crippen LogP contribution in [-0.4, -0.2) is 5.78 Å². The van der Waals surface area contributed by atoms with Gasteiger partial charge >= 0.3 is 0 Å². The zero-order valence-corrected chi connectivity index (χ0v) is 12.1. The molecule has 0 saturated carbocycles. The number of carbonyl (C=O) groups is 1. The van der Waals surface area contributed by atoms with Crippen molar-refractivity contribution >= 4 is 29.0 Å². The zero-order valence-electron chi connectivity index (χ0n) is 10.6. The van der Waals surface area contributed by atoms with Crippen molar-refractivity contribution in [3.05, 3.63) is 69.2 Å². The number of halogens is 2. The van der Waals surface area contributed by atoms with E-state index in [9.17, 15) is 4.79 Å². The third kappa shape index (κ3) is 3.82. The van der Waals surface area contributed by atoms with Crippen molar-refractivity contribution in [1.82, 2.24) is 0 Å². The summed E-state index contributed by atoms with van der Waals surface area (Å²) < 4.78 is 0. The molecule has 2 aromatic rings. The minimum absolute atomic E-state index is 0.0446. The van der Waals surface area contributed by atoms with E-state index in [0.717, 1.165) is 6.42 Å². The average Bonchev–Trinajstić information content (AvgIpc) is 2.36. The van der Waals surface area contributed by atoms with Crippen LogP contribution in [-0.2, 0) is 6.42 Å². The van der Waals surface area contributed by atoms with Gasteiger partial charge in [-0.25, -0.2) is 0 Å². The van der Waals surface area contributed by atoms with Crippen LogP contribution >= 0.6 is 23.2 Å². The molecule has 2 aromatic carbocycles. The van der Waals surface area contributed by atoms with Gasteiger partial charge in [0.15, 0.2) is 5.78 Å². The molecule has 0 radical (unpaired) electrons. The Labute approximate surface area is 123 Å². The molecule has 3 heteroatoms. The highest BCUT2D eigenvalue weighted by Crippen LogP contribution is 2.22. The van der Waals surface area contributed by atoms with Crippen LogP contribution in [0.25, 0.3) is 0 Å². The summed E-state index contributed by atoms with van der Waals surface area (Å²) in [5.41, 5.74) is 2.91. The second kappa shape index (κ2) is 6.23. The number of hydrogen-bond acceptors (Lipinski definition) is 1. The summed E-state index contributed by atoms with van der Waals surface area (Å²) in [5.74, 6) is 0.0446. The third-order valence-electron chi connectivity index (χ3n) is 2.95. The molecule has 0 bridgehead atoms. The second-order valence-electron chi connectivity index (χ2n) is 4.54. The Balaban J connectivity index is 2.05. The fraction of sp³-hybridized carbons (Fsp3) is 0.188. The van der Waals surface area contributed by atoms with Crippen molar-refractivity contribution in [3.63, 3.8) is 0 Å². The Morgan fingerprint density at radius 3 is 2.58 bits per heavy atom. The molecular formula is C16H14Cl2O. The standard InChI is InChI=1S/C16H14Cl2O/c1-11-3-2-4-12(9-11)5-8-16(19)14-7-6-13(17)10-15(14)18/h2-4,6-7,9-10H,5,8H2,1H3. The number of rotatable bonds is 4. The van der Waals surface area contributed by atoms with E-state index in [2.05, 4.69) is 6.07 Å². The van der Waals surface area contributed by atoms with Crippen molar-refractivity contribution in [2.24, 2.45) is 0 Å². The maximum absolute atomic E-state index is 12.1. The smallest absolute Gasteiger partial charge is 0.164 e. The molecule has 0 atom stereocenters. The molecule has 0 amide bonds. The molecule has 0 spiro atoms. The molecule has 0 aliphatic rings. The number of ketones is 1. The summed E-state index contributed by atoms with van der Waals surface area (Å²) in [6.45, 7) is 2.04. The normalized spacial score (nSPS) is 10.5. The van der Waals surface area contributed by atoms with Crippen LogP contribution in [0.3, 0.4) is 0 Å². The molecule has 19 heavy (non-hydrogen) atoms. The van der Waals surface area contributed by atoms with Crippen LogP contribution < -0.4 is 0 Å². The molecule has 0 aromatic heterocycles. The van der Waals surface area contributed by atoms with Crippen LogP contribution in [0.15, 0.2) is 42.5 Å². The van der Waals surface area contributed by atoms with Gasteiger partial charge in [-0.1, -0.05) is 53.0 Å². The lowest BCUT2D eigenvalue weighted by molar-refractivity contribution is 0.0983. The Morgan fingerprint density at radius 1 is 1.11 bits per heavy atom. The summed E-state index contributed by atoms with van der Waals surface area (Å²) >= 11 is 11.8. The van der Waals surface area contributed by atoms with Crippen molar-refractivity contribution in [2.45, 2.75) is 19.8 Å². The van der Waals surface area contributed by atoms with Crippen molar-refractivity contribution in [1.29, 1.82) is 0 Å². The molecule has 0 heterocycles. The van der Waals surface area contributed by atoms with Crippen molar-refractivity contribution < 1.29 is 4.79 Å². The molecule has 1 nitrogen and oxygen atoms in total. The molecular weight excluding hydrogens is 279 g/mol. The predicted octanol–water partition coefficient (Wildman–Crippen LogP) is 5.12. The van der Waals surface area contributed by atoms with E-state index < -0.39 is 0 Å². The lowest BCUT2D eigenvalue weighted by Gasteiger charge is -2.05. The van der Waals surface area contributed by atoms with Crippen LogP contribution in [0.1, 0.15) is 27.9 Å². The molecule has 0 N–H and O–H groups in total. The molecule has 0 fully saturated rings. The summed E-state index contributed by atoms with van der Waals surface area (Å²) in [6.07, 6.45) is 1.17. The molecule has 0 saturated heterocycles. The predicted molar refractivity (Wildman–Crippen MR) is 80.3 cm³/mol. The van der Waals surface area contributed by atoms with E-state index in [1.807, 2.05) is 25.1 Å². The summed E-state index contributed by atoms with van der Waals surface area (Å²) in [6, 6.07) is 13.1. The van der Waals surface area contributed by atoms with Gasteiger partial charge in [-0.2, -0.15) is 0 Å². The minimum Gasteiger partial charge on any atom is -0.294 e. The monoisotopic (exact) mass is 292 g/mol. The first-order valence-electron chi connectivity index (χ1n) is 6.10. The van der Waals surface area contributed by atoms with Gasteiger partial charge in [0.05, 0.1) is 5.02 Å². The summed E-state index contributed by atoms with van der Waals surface area (Å²) in [5, 5.41) is 0.960. The zero-order chi connectivity index (χ0) is 13.8. The largest absolute Gasteiger partial charge is 0.294 e. The maximum Gasteiger partial charge on any atom is 0.164 e. The molecule has 0 aliphatic heterocycles. The average molecular weight is 293 g/mol. The van der Waals surface area contributed by atoms with Gasteiger partial charge in [-0.3, -0.25) is 4.79 Å². The van der Waals surface area contributed by atoms with E-state index in [1.165, 1.54) is 11.1 Å². The number of aryl methyl sites for hydroxylation is 2. The maximum atomic E-state index is 12.1. The lowest BCUT2D eigenvalue weighted by Crippen LogP contribution is -2.02. The van der Waals surface area contributed by atoms with Crippen LogP contribution in [0.4, 0.5) is 0 Å². The molecule has 0 unspecified atom stereocenters. The van der Waals surface area contributed by atoms with Gasteiger partial charge in [0.25, 0.3) is 0 Å². The highest BCUT2D eigenvalue weighted by Gasteiger charge is 2.10. The number of carbonyl (C=O) groups excluding carboxylic acids is 1. The van der Waals surface area contributed by atoms with E-state index in [-0.39, 0.29) is 5.78 Å². The highest BCUT2D eigenvalue weighted by molar-refractivity contribution is 6.36. The van der Waals surface area contributed by atoms with Gasteiger partial charge in [0, 0.05) is 17.0 Å². The summed E-state index contributed by atoms with van der Waals surface area (Å²) in [7, 11) is 0. The van der Waals surface area contributed by atoms with Crippen LogP contribution in [0, 0.1) is 6.92 Å². The molecule has 98 valence electrons. The van der Waals surface area contributed by atoms with Gasteiger partial charge in [0.1, 0.15) is 0 Å². The third-order valence-corrected chi connectivity index (χ3v) is 3.50. The lowest BCUT2D eigenvalue weighted by atomic mass is 10.0. The fourth-order valence-electron chi connectivity index (χ4n) is 1.98. The van der Waals surface area contributed by atoms with Gasteiger partial charge < -0.3 is 0 Å². The van der Waals surface area contributed by atoms with Crippen molar-refractivity contribution in [2.75, 3.05) is 0 Å². The van der Waals surface area contributed by atoms with Gasteiger partial charge in [0.2, 0.25) is 0 Å². The first kappa shape index (κ1) is 14.1. The first-order valence-corrected chi connectivity index (χ1v) is 6.85. The first-order chi connectivity index (χ1) is 9.06.